The zero-order valence-electron chi connectivity index (χ0n) is 6.52. The van der Waals surface area contributed by atoms with E-state index in [1.807, 2.05) is 6.07 Å². The standard InChI is InChI=1S/C7H7N3O3/c11-7(12)13-10-6-4-2-1-3-5(6)8-9-10/h1-4,8-9H,(H,11,12). The smallest absolute Gasteiger partial charge is 0.448 e. The second-order valence-corrected chi connectivity index (χ2v) is 2.41. The summed E-state index contributed by atoms with van der Waals surface area (Å²) < 4.78 is 0. The number of benzene rings is 1. The third kappa shape index (κ3) is 1.34. The van der Waals surface area contributed by atoms with Crippen LogP contribution in [-0.4, -0.2) is 11.3 Å². The lowest BCUT2D eigenvalue weighted by molar-refractivity contribution is 0.0727. The summed E-state index contributed by atoms with van der Waals surface area (Å²) in [5.74, 6) is 0. The second-order valence-electron chi connectivity index (χ2n) is 2.41. The minimum atomic E-state index is -1.37. The van der Waals surface area contributed by atoms with Gasteiger partial charge in [-0.05, 0) is 12.1 Å². The number of hydrogen-bond acceptors (Lipinski definition) is 5. The first-order valence-electron chi connectivity index (χ1n) is 3.59. The molecule has 0 aromatic heterocycles. The van der Waals surface area contributed by atoms with Crippen molar-refractivity contribution in [1.82, 2.24) is 5.53 Å². The molecule has 0 fully saturated rings. The Kier molecular flexibility index (Phi) is 1.67. The Balaban J connectivity index is 2.23. The van der Waals surface area contributed by atoms with Gasteiger partial charge in [-0.3, -0.25) is 10.3 Å². The third-order valence-electron chi connectivity index (χ3n) is 1.58. The number of nitrogens with zero attached hydrogens (tertiary/aromatic N) is 1. The van der Waals surface area contributed by atoms with Crippen molar-refractivity contribution in [3.63, 3.8) is 0 Å². The minimum Gasteiger partial charge on any atom is -0.448 e. The van der Waals surface area contributed by atoms with Gasteiger partial charge in [-0.25, -0.2) is 4.79 Å². The van der Waals surface area contributed by atoms with Crippen molar-refractivity contribution in [2.75, 3.05) is 10.6 Å². The van der Waals surface area contributed by atoms with Gasteiger partial charge in [0, 0.05) is 0 Å². The highest BCUT2D eigenvalue weighted by molar-refractivity contribution is 5.73. The van der Waals surface area contributed by atoms with E-state index in [0.29, 0.717) is 5.69 Å². The zero-order valence-corrected chi connectivity index (χ0v) is 6.52. The molecule has 1 heterocycles. The Morgan fingerprint density at radius 2 is 2.23 bits per heavy atom. The fourth-order valence-corrected chi connectivity index (χ4v) is 1.08. The van der Waals surface area contributed by atoms with Gasteiger partial charge in [0.2, 0.25) is 0 Å². The summed E-state index contributed by atoms with van der Waals surface area (Å²) in [4.78, 5) is 14.6. The number of fused-ring (bicyclic) bond motifs is 1. The summed E-state index contributed by atoms with van der Waals surface area (Å²) >= 11 is 0. The van der Waals surface area contributed by atoms with E-state index >= 15 is 0 Å². The first-order valence-corrected chi connectivity index (χ1v) is 3.59. The summed E-state index contributed by atoms with van der Waals surface area (Å²) in [6, 6.07) is 7.14. The molecule has 0 bridgehead atoms. The van der Waals surface area contributed by atoms with Crippen molar-refractivity contribution in [3.8, 4) is 0 Å². The zero-order chi connectivity index (χ0) is 9.26. The summed E-state index contributed by atoms with van der Waals surface area (Å²) in [5.41, 5.74) is 6.67. The number of anilines is 2. The van der Waals surface area contributed by atoms with Gasteiger partial charge in [0.15, 0.2) is 0 Å². The maximum atomic E-state index is 10.2. The van der Waals surface area contributed by atoms with Crippen LogP contribution < -0.4 is 16.1 Å². The fourth-order valence-electron chi connectivity index (χ4n) is 1.08. The number of hydrazine groups is 2. The molecular weight excluding hydrogens is 174 g/mol. The lowest BCUT2D eigenvalue weighted by Gasteiger charge is -2.12. The number of hydrogen-bond donors (Lipinski definition) is 3. The van der Waals surface area contributed by atoms with Gasteiger partial charge in [0.05, 0.1) is 5.69 Å². The summed E-state index contributed by atoms with van der Waals surface area (Å²) in [6.45, 7) is 0. The highest BCUT2D eigenvalue weighted by Crippen LogP contribution is 2.27. The summed E-state index contributed by atoms with van der Waals surface area (Å²) in [7, 11) is 0. The molecule has 1 aliphatic heterocycles. The van der Waals surface area contributed by atoms with Crippen LogP contribution >= 0.6 is 0 Å². The van der Waals surface area contributed by atoms with Gasteiger partial charge >= 0.3 is 6.16 Å². The Morgan fingerprint density at radius 1 is 1.46 bits per heavy atom. The van der Waals surface area contributed by atoms with Crippen LogP contribution in [0, 0.1) is 0 Å². The van der Waals surface area contributed by atoms with Crippen LogP contribution in [0.4, 0.5) is 16.2 Å². The van der Waals surface area contributed by atoms with Gasteiger partial charge in [-0.15, -0.1) is 10.7 Å². The summed E-state index contributed by atoms with van der Waals surface area (Å²) in [5, 5.41) is 9.41. The highest BCUT2D eigenvalue weighted by Gasteiger charge is 2.20. The first kappa shape index (κ1) is 7.69. The maximum Gasteiger partial charge on any atom is 0.532 e. The van der Waals surface area contributed by atoms with Crippen LogP contribution in [0.15, 0.2) is 24.3 Å². The Morgan fingerprint density at radius 3 is 3.00 bits per heavy atom. The Bertz CT molecular complexity index is 342. The van der Waals surface area contributed by atoms with Crippen LogP contribution in [0.5, 0.6) is 0 Å². The summed E-state index contributed by atoms with van der Waals surface area (Å²) in [6.07, 6.45) is -1.37. The number of para-hydroxylation sites is 2. The monoisotopic (exact) mass is 181 g/mol. The molecule has 1 aromatic rings. The van der Waals surface area contributed by atoms with E-state index in [1.165, 1.54) is 0 Å². The van der Waals surface area contributed by atoms with E-state index in [1.54, 1.807) is 18.2 Å². The second kappa shape index (κ2) is 2.83. The van der Waals surface area contributed by atoms with Crippen LogP contribution in [0.1, 0.15) is 0 Å². The topological polar surface area (TPSA) is 73.8 Å². The van der Waals surface area contributed by atoms with E-state index in [4.69, 9.17) is 5.11 Å². The molecule has 0 atom stereocenters. The molecule has 0 aliphatic carbocycles. The van der Waals surface area contributed by atoms with Crippen LogP contribution in [0.25, 0.3) is 0 Å². The van der Waals surface area contributed by atoms with Crippen molar-refractivity contribution in [2.45, 2.75) is 0 Å². The van der Waals surface area contributed by atoms with E-state index < -0.39 is 6.16 Å². The SMILES string of the molecule is O=C(O)ON1NNc2ccccc21. The van der Waals surface area contributed by atoms with Gasteiger partial charge in [0.25, 0.3) is 0 Å². The third-order valence-corrected chi connectivity index (χ3v) is 1.58. The van der Waals surface area contributed by atoms with Crippen molar-refractivity contribution in [2.24, 2.45) is 0 Å². The molecule has 0 spiro atoms. The maximum absolute atomic E-state index is 10.2. The Labute approximate surface area is 73.6 Å². The molecule has 6 nitrogen and oxygen atoms in total. The molecule has 0 amide bonds. The molecule has 1 aromatic carbocycles. The largest absolute Gasteiger partial charge is 0.532 e. The van der Waals surface area contributed by atoms with Gasteiger partial charge in [-0.1, -0.05) is 12.1 Å². The molecule has 0 saturated heterocycles. The van der Waals surface area contributed by atoms with Crippen LogP contribution in [-0.2, 0) is 4.84 Å². The van der Waals surface area contributed by atoms with Crippen LogP contribution in [0.3, 0.4) is 0 Å². The molecule has 0 saturated carbocycles. The molecule has 6 heteroatoms. The number of carboxylic acid groups (broad SMARTS) is 1. The molecule has 0 radical (unpaired) electrons. The molecular formula is C7H7N3O3. The van der Waals surface area contributed by atoms with Gasteiger partial charge < -0.3 is 5.11 Å². The molecule has 1 aliphatic rings. The van der Waals surface area contributed by atoms with E-state index in [2.05, 4.69) is 15.8 Å². The number of rotatable bonds is 1. The normalized spacial score (nSPS) is 13.4. The average Bonchev–Trinajstić information content (AvgIpc) is 2.48. The minimum absolute atomic E-state index is 0.630. The van der Waals surface area contributed by atoms with E-state index in [-0.39, 0.29) is 0 Å². The van der Waals surface area contributed by atoms with E-state index in [9.17, 15) is 4.79 Å². The van der Waals surface area contributed by atoms with Gasteiger partial charge in [-0.2, -0.15) is 0 Å². The van der Waals surface area contributed by atoms with Crippen molar-refractivity contribution >= 4 is 17.5 Å². The first-order chi connectivity index (χ1) is 6.27. The van der Waals surface area contributed by atoms with Crippen molar-refractivity contribution < 1.29 is 14.7 Å². The predicted octanol–water partition coefficient (Wildman–Crippen LogP) is 0.948. The van der Waals surface area contributed by atoms with E-state index in [0.717, 1.165) is 10.9 Å². The van der Waals surface area contributed by atoms with Crippen molar-refractivity contribution in [1.29, 1.82) is 0 Å². The molecule has 68 valence electrons. The number of carbonyl (C=O) groups is 1. The number of nitrogens with one attached hydrogen (secondary N) is 2. The molecule has 13 heavy (non-hydrogen) atoms. The average molecular weight is 181 g/mol. The Hall–Kier alpha value is -1.95. The molecule has 3 N–H and O–H groups in total. The quantitative estimate of drug-likeness (QED) is 0.599. The lowest BCUT2D eigenvalue weighted by atomic mass is 10.3. The van der Waals surface area contributed by atoms with Crippen LogP contribution in [0.2, 0.25) is 0 Å². The predicted molar refractivity (Wildman–Crippen MR) is 44.8 cm³/mol. The fraction of sp³-hybridized carbons (Fsp3) is 0. The lowest BCUT2D eigenvalue weighted by Crippen LogP contribution is -2.37. The highest BCUT2D eigenvalue weighted by atomic mass is 16.8. The van der Waals surface area contributed by atoms with Gasteiger partial charge in [0.1, 0.15) is 5.69 Å². The molecule has 2 rings (SSSR count). The molecule has 0 unspecified atom stereocenters. The van der Waals surface area contributed by atoms with Crippen molar-refractivity contribution in [3.05, 3.63) is 24.3 Å².